The molecule has 8 heteroatoms. The molecule has 0 aliphatic rings. The summed E-state index contributed by atoms with van der Waals surface area (Å²) >= 11 is 0. The maximum atomic E-state index is 12.0. The van der Waals surface area contributed by atoms with E-state index in [-0.39, 0.29) is 22.9 Å². The molecule has 0 unspecified atom stereocenters. The monoisotopic (exact) mass is 302 g/mol. The van der Waals surface area contributed by atoms with Crippen molar-refractivity contribution >= 4 is 15.9 Å². The van der Waals surface area contributed by atoms with Crippen LogP contribution in [0, 0.1) is 0 Å². The van der Waals surface area contributed by atoms with Crippen molar-refractivity contribution in [2.45, 2.75) is 57.0 Å². The number of primary sulfonamides is 1. The second-order valence-electron chi connectivity index (χ2n) is 4.81. The minimum atomic E-state index is -3.78. The Bertz CT molecular complexity index is 553. The van der Waals surface area contributed by atoms with Gasteiger partial charge in [-0.2, -0.15) is 5.10 Å². The van der Waals surface area contributed by atoms with Gasteiger partial charge in [0.25, 0.3) is 0 Å². The molecule has 3 N–H and O–H groups in total. The number of aromatic nitrogens is 2. The van der Waals surface area contributed by atoms with Crippen molar-refractivity contribution in [3.8, 4) is 0 Å². The normalized spacial score (nSPS) is 12.4. The first-order valence-corrected chi connectivity index (χ1v) is 8.17. The standard InChI is InChI=1S/C12H22N4O3S/c1-4-12(5-2,6-3)15-11(17)9-16-8-10(7-14-16)20(13,18)19/h7-8H,4-6,9H2,1-3H3,(H,15,17)(H2,13,18,19). The number of carbonyl (C=O) groups excluding carboxylic acids is 1. The Hall–Kier alpha value is -1.41. The Morgan fingerprint density at radius 3 is 2.30 bits per heavy atom. The first-order valence-electron chi connectivity index (χ1n) is 6.62. The average Bonchev–Trinajstić information content (AvgIpc) is 2.84. The van der Waals surface area contributed by atoms with Gasteiger partial charge >= 0.3 is 0 Å². The van der Waals surface area contributed by atoms with Crippen molar-refractivity contribution in [3.05, 3.63) is 12.4 Å². The lowest BCUT2D eigenvalue weighted by atomic mass is 9.90. The Balaban J connectivity index is 2.74. The lowest BCUT2D eigenvalue weighted by Gasteiger charge is -2.31. The molecule has 1 aromatic heterocycles. The highest BCUT2D eigenvalue weighted by molar-refractivity contribution is 7.89. The number of nitrogens with one attached hydrogen (secondary N) is 1. The lowest BCUT2D eigenvalue weighted by Crippen LogP contribution is -2.48. The third-order valence-corrected chi connectivity index (χ3v) is 4.55. The van der Waals surface area contributed by atoms with Crippen molar-refractivity contribution in [1.82, 2.24) is 15.1 Å². The number of nitrogens with zero attached hydrogens (tertiary/aromatic N) is 2. The van der Waals surface area contributed by atoms with Crippen molar-refractivity contribution in [1.29, 1.82) is 0 Å². The van der Waals surface area contributed by atoms with Gasteiger partial charge < -0.3 is 5.32 Å². The Labute approximate surface area is 119 Å². The summed E-state index contributed by atoms with van der Waals surface area (Å²) in [6, 6.07) is 0. The molecule has 1 amide bonds. The lowest BCUT2D eigenvalue weighted by molar-refractivity contribution is -0.124. The predicted molar refractivity (Wildman–Crippen MR) is 75.3 cm³/mol. The van der Waals surface area contributed by atoms with Gasteiger partial charge in [0.15, 0.2) is 0 Å². The minimum Gasteiger partial charge on any atom is -0.349 e. The van der Waals surface area contributed by atoms with Crippen LogP contribution in [0.3, 0.4) is 0 Å². The summed E-state index contributed by atoms with van der Waals surface area (Å²) in [5.41, 5.74) is -0.215. The Morgan fingerprint density at radius 1 is 1.35 bits per heavy atom. The van der Waals surface area contributed by atoms with Gasteiger partial charge in [-0.05, 0) is 19.3 Å². The fourth-order valence-corrected chi connectivity index (χ4v) is 2.54. The van der Waals surface area contributed by atoms with Gasteiger partial charge in [-0.3, -0.25) is 9.48 Å². The molecule has 0 saturated heterocycles. The van der Waals surface area contributed by atoms with E-state index in [2.05, 4.69) is 10.4 Å². The molecule has 0 saturated carbocycles. The molecule has 1 aromatic rings. The summed E-state index contributed by atoms with van der Waals surface area (Å²) in [7, 11) is -3.78. The molecule has 1 heterocycles. The van der Waals surface area contributed by atoms with E-state index in [1.807, 2.05) is 20.8 Å². The fourth-order valence-electron chi connectivity index (χ4n) is 2.08. The highest BCUT2D eigenvalue weighted by Crippen LogP contribution is 2.19. The molecule has 0 fully saturated rings. The van der Waals surface area contributed by atoms with Crippen LogP contribution in [0.1, 0.15) is 40.0 Å². The van der Waals surface area contributed by atoms with E-state index in [0.29, 0.717) is 0 Å². The van der Waals surface area contributed by atoms with E-state index in [1.54, 1.807) is 0 Å². The first-order chi connectivity index (χ1) is 9.26. The Kier molecular flexibility index (Phi) is 5.29. The summed E-state index contributed by atoms with van der Waals surface area (Å²) in [6.45, 7) is 6.05. The van der Waals surface area contributed by atoms with E-state index < -0.39 is 10.0 Å². The largest absolute Gasteiger partial charge is 0.349 e. The van der Waals surface area contributed by atoms with Crippen LogP contribution in [0.4, 0.5) is 0 Å². The van der Waals surface area contributed by atoms with Crippen molar-refractivity contribution in [2.75, 3.05) is 0 Å². The summed E-state index contributed by atoms with van der Waals surface area (Å²) in [5.74, 6) is -0.195. The molecule has 0 aromatic carbocycles. The maximum Gasteiger partial charge on any atom is 0.242 e. The molecule has 0 radical (unpaired) electrons. The van der Waals surface area contributed by atoms with E-state index >= 15 is 0 Å². The summed E-state index contributed by atoms with van der Waals surface area (Å²) in [6.07, 6.45) is 4.91. The minimum absolute atomic E-state index is 0.0305. The second-order valence-corrected chi connectivity index (χ2v) is 6.37. The zero-order valence-corrected chi connectivity index (χ0v) is 12.9. The summed E-state index contributed by atoms with van der Waals surface area (Å²) in [4.78, 5) is 11.9. The van der Waals surface area contributed by atoms with Crippen LogP contribution in [0.15, 0.2) is 17.3 Å². The zero-order valence-electron chi connectivity index (χ0n) is 12.1. The van der Waals surface area contributed by atoms with Gasteiger partial charge in [0.1, 0.15) is 11.4 Å². The molecule has 0 atom stereocenters. The van der Waals surface area contributed by atoms with E-state index in [4.69, 9.17) is 5.14 Å². The first kappa shape index (κ1) is 16.6. The number of carbonyl (C=O) groups is 1. The van der Waals surface area contributed by atoms with Crippen LogP contribution in [-0.4, -0.2) is 29.6 Å². The molecule has 0 aliphatic carbocycles. The van der Waals surface area contributed by atoms with Gasteiger partial charge in [0, 0.05) is 11.7 Å². The van der Waals surface area contributed by atoms with Crippen molar-refractivity contribution in [3.63, 3.8) is 0 Å². The topological polar surface area (TPSA) is 107 Å². The second kappa shape index (κ2) is 6.36. The smallest absolute Gasteiger partial charge is 0.242 e. The molecule has 7 nitrogen and oxygen atoms in total. The molecule has 0 aliphatic heterocycles. The molecular formula is C12H22N4O3S. The number of hydrogen-bond donors (Lipinski definition) is 2. The predicted octanol–water partition coefficient (Wildman–Crippen LogP) is 0.616. The average molecular weight is 302 g/mol. The van der Waals surface area contributed by atoms with Crippen LogP contribution in [0.25, 0.3) is 0 Å². The fraction of sp³-hybridized carbons (Fsp3) is 0.667. The zero-order chi connectivity index (χ0) is 15.4. The summed E-state index contributed by atoms with van der Waals surface area (Å²) in [5, 5.41) is 11.8. The highest BCUT2D eigenvalue weighted by atomic mass is 32.2. The van der Waals surface area contributed by atoms with Crippen molar-refractivity contribution < 1.29 is 13.2 Å². The van der Waals surface area contributed by atoms with Gasteiger partial charge in [-0.25, -0.2) is 13.6 Å². The van der Waals surface area contributed by atoms with Gasteiger partial charge in [-0.1, -0.05) is 20.8 Å². The quantitative estimate of drug-likeness (QED) is 0.769. The van der Waals surface area contributed by atoms with E-state index in [0.717, 1.165) is 25.5 Å². The van der Waals surface area contributed by atoms with Crippen LogP contribution in [0.2, 0.25) is 0 Å². The number of nitrogens with two attached hydrogens (primary N) is 1. The highest BCUT2D eigenvalue weighted by Gasteiger charge is 2.25. The SMILES string of the molecule is CCC(CC)(CC)NC(=O)Cn1cc(S(N)(=O)=O)cn1. The maximum absolute atomic E-state index is 12.0. The van der Waals surface area contributed by atoms with Gasteiger partial charge in [0.2, 0.25) is 15.9 Å². The van der Waals surface area contributed by atoms with Crippen LogP contribution >= 0.6 is 0 Å². The third-order valence-electron chi connectivity index (χ3n) is 3.68. The van der Waals surface area contributed by atoms with Crippen LogP contribution in [-0.2, 0) is 21.4 Å². The summed E-state index contributed by atoms with van der Waals surface area (Å²) < 4.78 is 23.5. The molecule has 1 rings (SSSR count). The molecular weight excluding hydrogens is 280 g/mol. The van der Waals surface area contributed by atoms with Crippen molar-refractivity contribution in [2.24, 2.45) is 5.14 Å². The molecule has 0 bridgehead atoms. The van der Waals surface area contributed by atoms with E-state index in [9.17, 15) is 13.2 Å². The van der Waals surface area contributed by atoms with Crippen LogP contribution in [0.5, 0.6) is 0 Å². The molecule has 0 spiro atoms. The van der Waals surface area contributed by atoms with Gasteiger partial charge in [-0.15, -0.1) is 0 Å². The Morgan fingerprint density at radius 2 is 1.90 bits per heavy atom. The number of rotatable bonds is 7. The van der Waals surface area contributed by atoms with Crippen LogP contribution < -0.4 is 10.5 Å². The molecule has 20 heavy (non-hydrogen) atoms. The molecule has 114 valence electrons. The number of hydrogen-bond acceptors (Lipinski definition) is 4. The third kappa shape index (κ3) is 4.04. The number of sulfonamides is 1. The van der Waals surface area contributed by atoms with Gasteiger partial charge in [0.05, 0.1) is 6.20 Å². The van der Waals surface area contributed by atoms with E-state index in [1.165, 1.54) is 10.9 Å². The number of amides is 1.